The van der Waals surface area contributed by atoms with Gasteiger partial charge in [0, 0.05) is 12.6 Å². The lowest BCUT2D eigenvalue weighted by atomic mass is 9.74. The summed E-state index contributed by atoms with van der Waals surface area (Å²) in [5, 5.41) is 16.6. The number of aromatic amines is 1. The van der Waals surface area contributed by atoms with Gasteiger partial charge in [-0.15, -0.1) is 0 Å². The third-order valence-electron chi connectivity index (χ3n) is 6.37. The molecular formula is C26H43N3O2. The fraction of sp³-hybridized carbons (Fsp3) is 0.692. The van der Waals surface area contributed by atoms with Crippen molar-refractivity contribution in [3.05, 3.63) is 34.2 Å². The Morgan fingerprint density at radius 2 is 1.71 bits per heavy atom. The van der Waals surface area contributed by atoms with Gasteiger partial charge in [0.2, 0.25) is 0 Å². The number of H-pyrrole nitrogens is 1. The predicted molar refractivity (Wildman–Crippen MR) is 130 cm³/mol. The first kappa shape index (κ1) is 27.0. The zero-order chi connectivity index (χ0) is 23.3. The van der Waals surface area contributed by atoms with Gasteiger partial charge < -0.3 is 10.1 Å². The number of fused-ring (bicyclic) bond motifs is 1. The Kier molecular flexibility index (Phi) is 12.3. The summed E-state index contributed by atoms with van der Waals surface area (Å²) < 4.78 is 1.82. The molecule has 0 spiro atoms. The highest BCUT2D eigenvalue weighted by molar-refractivity contribution is 5.77. The second-order valence-corrected chi connectivity index (χ2v) is 8.92. The Morgan fingerprint density at radius 3 is 2.16 bits per heavy atom. The van der Waals surface area contributed by atoms with Gasteiger partial charge in [0.15, 0.2) is 0 Å². The van der Waals surface area contributed by atoms with Crippen LogP contribution in [0, 0.1) is 16.7 Å². The van der Waals surface area contributed by atoms with E-state index in [0.29, 0.717) is 5.56 Å². The molecule has 0 unspecified atom stereocenters. The van der Waals surface area contributed by atoms with E-state index in [9.17, 15) is 4.79 Å². The lowest BCUT2D eigenvalue weighted by Gasteiger charge is -2.32. The van der Waals surface area contributed by atoms with Gasteiger partial charge >= 0.3 is 5.69 Å². The highest BCUT2D eigenvalue weighted by atomic mass is 16.2. The van der Waals surface area contributed by atoms with E-state index in [1.807, 2.05) is 4.57 Å². The Bertz CT molecular complexity index is 848. The molecule has 1 aliphatic rings. The van der Waals surface area contributed by atoms with Crippen LogP contribution in [-0.4, -0.2) is 21.3 Å². The minimum absolute atomic E-state index is 0.0722. The van der Waals surface area contributed by atoms with Gasteiger partial charge in [-0.2, -0.15) is 5.26 Å². The van der Waals surface area contributed by atoms with Crippen LogP contribution in [-0.2, 0) is 0 Å². The van der Waals surface area contributed by atoms with E-state index in [0.717, 1.165) is 42.1 Å². The number of imidazole rings is 1. The van der Waals surface area contributed by atoms with Crippen molar-refractivity contribution in [1.82, 2.24) is 9.55 Å². The molecule has 0 amide bonds. The number of aliphatic hydroxyl groups excluding tert-OH is 1. The van der Waals surface area contributed by atoms with E-state index >= 15 is 0 Å². The second kappa shape index (κ2) is 14.1. The zero-order valence-corrected chi connectivity index (χ0v) is 20.3. The molecule has 2 N–H and O–H groups in total. The molecule has 0 bridgehead atoms. The molecule has 5 nitrogen and oxygen atoms in total. The molecule has 1 heterocycles. The van der Waals surface area contributed by atoms with Gasteiger partial charge in [0.05, 0.1) is 22.7 Å². The molecule has 1 aromatic heterocycles. The number of nitrogens with one attached hydrogen (secondary N) is 1. The molecular weight excluding hydrogens is 386 g/mol. The van der Waals surface area contributed by atoms with E-state index in [-0.39, 0.29) is 18.3 Å². The predicted octanol–water partition coefficient (Wildman–Crippen LogP) is 6.71. The Balaban J connectivity index is 0.000000333. The van der Waals surface area contributed by atoms with Gasteiger partial charge in [-0.3, -0.25) is 4.57 Å². The molecule has 5 heteroatoms. The lowest BCUT2D eigenvalue weighted by Crippen LogP contribution is -2.22. The molecule has 0 aliphatic heterocycles. The number of rotatable bonds is 6. The number of nitriles is 1. The average molecular weight is 430 g/mol. The highest BCUT2D eigenvalue weighted by Gasteiger charge is 2.23. The molecule has 0 atom stereocenters. The van der Waals surface area contributed by atoms with Crippen LogP contribution in [0.4, 0.5) is 0 Å². The van der Waals surface area contributed by atoms with Gasteiger partial charge in [-0.05, 0) is 56.2 Å². The first-order valence-electron chi connectivity index (χ1n) is 12.1. The minimum atomic E-state index is -0.0722. The number of benzene rings is 1. The van der Waals surface area contributed by atoms with Crippen molar-refractivity contribution < 1.29 is 5.11 Å². The molecule has 1 fully saturated rings. The number of aromatic nitrogens is 2. The fourth-order valence-electron chi connectivity index (χ4n) is 4.38. The summed E-state index contributed by atoms with van der Waals surface area (Å²) in [6.45, 7) is 10.9. The quantitative estimate of drug-likeness (QED) is 0.535. The van der Waals surface area contributed by atoms with E-state index in [4.69, 9.17) is 10.4 Å². The smallest absolute Gasteiger partial charge is 0.326 e. The van der Waals surface area contributed by atoms with Crippen molar-refractivity contribution in [1.29, 1.82) is 5.26 Å². The maximum atomic E-state index is 12.2. The lowest BCUT2D eigenvalue weighted by molar-refractivity contribution is 0.208. The van der Waals surface area contributed by atoms with Crippen LogP contribution >= 0.6 is 0 Å². The van der Waals surface area contributed by atoms with Gasteiger partial charge in [-0.1, -0.05) is 66.2 Å². The van der Waals surface area contributed by atoms with Crippen molar-refractivity contribution in [3.63, 3.8) is 0 Å². The van der Waals surface area contributed by atoms with Gasteiger partial charge in [-0.25, -0.2) is 4.79 Å². The first-order chi connectivity index (χ1) is 14.9. The summed E-state index contributed by atoms with van der Waals surface area (Å²) in [4.78, 5) is 15.0. The van der Waals surface area contributed by atoms with Crippen molar-refractivity contribution in [2.24, 2.45) is 5.41 Å². The summed E-state index contributed by atoms with van der Waals surface area (Å²) >= 11 is 0. The van der Waals surface area contributed by atoms with Crippen LogP contribution in [0.25, 0.3) is 11.0 Å². The molecule has 0 saturated heterocycles. The second-order valence-electron chi connectivity index (χ2n) is 8.92. The molecule has 31 heavy (non-hydrogen) atoms. The van der Waals surface area contributed by atoms with Crippen LogP contribution in [0.15, 0.2) is 23.0 Å². The number of nitrogens with zero attached hydrogens (tertiary/aromatic N) is 2. The number of aliphatic hydroxyl groups is 1. The molecule has 1 saturated carbocycles. The largest absolute Gasteiger partial charge is 0.397 e. The molecule has 174 valence electrons. The van der Waals surface area contributed by atoms with Crippen molar-refractivity contribution in [3.8, 4) is 6.07 Å². The fourth-order valence-corrected chi connectivity index (χ4v) is 4.38. The topological polar surface area (TPSA) is 81.8 Å². The van der Waals surface area contributed by atoms with E-state index in [1.165, 1.54) is 38.5 Å². The number of hydrogen-bond acceptors (Lipinski definition) is 3. The SMILES string of the molecule is CCC1(C)CCCCC1.CCCC(CCC)n1c(=O)[nH]c2ccc(C#N)cc21.CCO. The van der Waals surface area contributed by atoms with Crippen LogP contribution in [0.2, 0.25) is 0 Å². The monoisotopic (exact) mass is 429 g/mol. The van der Waals surface area contributed by atoms with E-state index in [1.54, 1.807) is 25.1 Å². The minimum Gasteiger partial charge on any atom is -0.397 e. The highest BCUT2D eigenvalue weighted by Crippen LogP contribution is 2.38. The normalized spacial score (nSPS) is 14.9. The third kappa shape index (κ3) is 8.18. The van der Waals surface area contributed by atoms with Crippen LogP contribution < -0.4 is 5.69 Å². The Hall–Kier alpha value is -2.06. The summed E-state index contributed by atoms with van der Waals surface area (Å²) in [7, 11) is 0. The average Bonchev–Trinajstić information content (AvgIpc) is 3.10. The first-order valence-corrected chi connectivity index (χ1v) is 12.1. The van der Waals surface area contributed by atoms with Crippen LogP contribution in [0.3, 0.4) is 0 Å². The summed E-state index contributed by atoms with van der Waals surface area (Å²) in [5.41, 5.74) is 2.89. The third-order valence-corrected chi connectivity index (χ3v) is 6.37. The molecule has 2 aromatic rings. The van der Waals surface area contributed by atoms with Gasteiger partial charge in [0.1, 0.15) is 0 Å². The van der Waals surface area contributed by atoms with Crippen molar-refractivity contribution in [2.45, 2.75) is 105 Å². The maximum Gasteiger partial charge on any atom is 0.326 e. The van der Waals surface area contributed by atoms with Gasteiger partial charge in [0.25, 0.3) is 0 Å². The molecule has 1 aromatic carbocycles. The van der Waals surface area contributed by atoms with E-state index < -0.39 is 0 Å². The molecule has 0 radical (unpaired) electrons. The zero-order valence-electron chi connectivity index (χ0n) is 20.3. The summed E-state index contributed by atoms with van der Waals surface area (Å²) in [5.74, 6) is 0. The summed E-state index contributed by atoms with van der Waals surface area (Å²) in [6, 6.07) is 7.68. The summed E-state index contributed by atoms with van der Waals surface area (Å²) in [6.07, 6.45) is 12.8. The Morgan fingerprint density at radius 1 is 1.13 bits per heavy atom. The van der Waals surface area contributed by atoms with Crippen LogP contribution in [0.1, 0.15) is 110 Å². The Labute approximate surface area is 188 Å². The maximum absolute atomic E-state index is 12.2. The van der Waals surface area contributed by atoms with Crippen molar-refractivity contribution in [2.75, 3.05) is 6.61 Å². The van der Waals surface area contributed by atoms with Crippen LogP contribution in [0.5, 0.6) is 0 Å². The molecule has 1 aliphatic carbocycles. The number of hydrogen-bond donors (Lipinski definition) is 2. The van der Waals surface area contributed by atoms with Crippen molar-refractivity contribution >= 4 is 11.0 Å². The molecule has 3 rings (SSSR count). The van der Waals surface area contributed by atoms with E-state index in [2.05, 4.69) is 38.7 Å². The standard InChI is InChI=1S/C15H19N3O.C9H18.C2H6O/c1-3-5-12(6-4-2)18-14-9-11(10-16)7-8-13(14)17-15(18)19;1-3-9(2)7-5-4-6-8-9;1-2-3/h7-9,12H,3-6H2,1-2H3,(H,17,19);3-8H2,1-2H3;3H,2H2,1H3.